The van der Waals surface area contributed by atoms with Gasteiger partial charge in [0.2, 0.25) is 0 Å². The number of para-hydroxylation sites is 1. The molecule has 2 aromatic carbocycles. The molecule has 1 heterocycles. The summed E-state index contributed by atoms with van der Waals surface area (Å²) in [6.45, 7) is 4.03. The van der Waals surface area contributed by atoms with E-state index in [4.69, 9.17) is 4.74 Å². The Morgan fingerprint density at radius 2 is 1.64 bits per heavy atom. The van der Waals surface area contributed by atoms with Crippen LogP contribution in [0.25, 0.3) is 0 Å². The lowest BCUT2D eigenvalue weighted by atomic mass is 9.96. The van der Waals surface area contributed by atoms with E-state index in [1.54, 1.807) is 0 Å². The molecule has 0 radical (unpaired) electrons. The van der Waals surface area contributed by atoms with Crippen molar-refractivity contribution < 1.29 is 9.53 Å². The van der Waals surface area contributed by atoms with Crippen LogP contribution in [0.15, 0.2) is 60.7 Å². The summed E-state index contributed by atoms with van der Waals surface area (Å²) in [6, 6.07) is 20.0. The highest BCUT2D eigenvalue weighted by Gasteiger charge is 2.19. The molecule has 1 amide bonds. The number of nitrogens with zero attached hydrogens (tertiary/aromatic N) is 1. The van der Waals surface area contributed by atoms with Crippen LogP contribution in [0.5, 0.6) is 5.75 Å². The van der Waals surface area contributed by atoms with Gasteiger partial charge in [-0.05, 0) is 49.5 Å². The Balaban J connectivity index is 1.31. The molecule has 1 aliphatic heterocycles. The summed E-state index contributed by atoms with van der Waals surface area (Å²) < 4.78 is 5.47. The zero-order chi connectivity index (χ0) is 17.3. The van der Waals surface area contributed by atoms with Gasteiger partial charge in [-0.1, -0.05) is 48.5 Å². The number of amides is 1. The van der Waals surface area contributed by atoms with Gasteiger partial charge in [0.25, 0.3) is 5.91 Å². The molecule has 1 aliphatic rings. The van der Waals surface area contributed by atoms with Gasteiger partial charge in [-0.25, -0.2) is 0 Å². The lowest BCUT2D eigenvalue weighted by Gasteiger charge is -2.32. The first-order valence-corrected chi connectivity index (χ1v) is 9.00. The van der Waals surface area contributed by atoms with Gasteiger partial charge in [-0.15, -0.1) is 0 Å². The predicted octanol–water partition coefficient (Wildman–Crippen LogP) is 3.09. The molecule has 0 aromatic heterocycles. The average Bonchev–Trinajstić information content (AvgIpc) is 2.67. The van der Waals surface area contributed by atoms with E-state index in [1.807, 2.05) is 30.3 Å². The van der Waals surface area contributed by atoms with Crippen LogP contribution >= 0.6 is 0 Å². The maximum Gasteiger partial charge on any atom is 0.257 e. The zero-order valence-corrected chi connectivity index (χ0v) is 14.6. The van der Waals surface area contributed by atoms with E-state index in [2.05, 4.69) is 40.5 Å². The number of benzene rings is 2. The predicted molar refractivity (Wildman–Crippen MR) is 99.4 cm³/mol. The first-order chi connectivity index (χ1) is 12.3. The molecule has 0 bridgehead atoms. The molecule has 132 valence electrons. The van der Waals surface area contributed by atoms with Crippen molar-refractivity contribution >= 4 is 5.91 Å². The van der Waals surface area contributed by atoms with Crippen molar-refractivity contribution in [3.63, 3.8) is 0 Å². The first-order valence-electron chi connectivity index (χ1n) is 9.00. The van der Waals surface area contributed by atoms with Crippen LogP contribution in [-0.4, -0.2) is 37.0 Å². The van der Waals surface area contributed by atoms with Crippen LogP contribution in [0.1, 0.15) is 18.4 Å². The summed E-state index contributed by atoms with van der Waals surface area (Å²) in [5, 5.41) is 3.00. The molecule has 0 unspecified atom stereocenters. The highest BCUT2D eigenvalue weighted by molar-refractivity contribution is 5.77. The maximum absolute atomic E-state index is 11.9. The second-order valence-electron chi connectivity index (χ2n) is 6.61. The molecule has 0 spiro atoms. The number of carbonyl (C=O) groups is 1. The van der Waals surface area contributed by atoms with Crippen molar-refractivity contribution in [3.8, 4) is 5.75 Å². The van der Waals surface area contributed by atoms with Gasteiger partial charge >= 0.3 is 0 Å². The number of hydrogen-bond acceptors (Lipinski definition) is 3. The van der Waals surface area contributed by atoms with Gasteiger partial charge in [-0.3, -0.25) is 9.69 Å². The Hall–Kier alpha value is -2.33. The molecular weight excluding hydrogens is 312 g/mol. The summed E-state index contributed by atoms with van der Waals surface area (Å²) in [4.78, 5) is 14.4. The van der Waals surface area contributed by atoms with E-state index in [9.17, 15) is 4.79 Å². The Kier molecular flexibility index (Phi) is 6.46. The van der Waals surface area contributed by atoms with E-state index in [1.165, 1.54) is 5.56 Å². The second kappa shape index (κ2) is 9.23. The van der Waals surface area contributed by atoms with Crippen LogP contribution < -0.4 is 10.1 Å². The van der Waals surface area contributed by atoms with E-state index in [0.29, 0.717) is 5.92 Å². The highest BCUT2D eigenvalue weighted by Crippen LogP contribution is 2.18. The number of ether oxygens (including phenoxy) is 1. The Morgan fingerprint density at radius 1 is 1.00 bits per heavy atom. The van der Waals surface area contributed by atoms with Gasteiger partial charge in [0.15, 0.2) is 6.61 Å². The van der Waals surface area contributed by atoms with Crippen LogP contribution in [0, 0.1) is 5.92 Å². The number of likely N-dealkylation sites (tertiary alicyclic amines) is 1. The molecule has 4 heteroatoms. The van der Waals surface area contributed by atoms with Crippen molar-refractivity contribution in [1.82, 2.24) is 10.2 Å². The van der Waals surface area contributed by atoms with Crippen LogP contribution in [0.4, 0.5) is 0 Å². The normalized spacial score (nSPS) is 15.7. The summed E-state index contributed by atoms with van der Waals surface area (Å²) in [5.41, 5.74) is 1.37. The molecule has 1 fully saturated rings. The summed E-state index contributed by atoms with van der Waals surface area (Å²) >= 11 is 0. The molecule has 2 aromatic rings. The van der Waals surface area contributed by atoms with E-state index < -0.39 is 0 Å². The minimum Gasteiger partial charge on any atom is -0.484 e. The first kappa shape index (κ1) is 17.5. The SMILES string of the molecule is O=C(COc1ccccc1)NCC1CCN(Cc2ccccc2)CC1. The third-order valence-electron chi connectivity index (χ3n) is 4.66. The van der Waals surface area contributed by atoms with Crippen LogP contribution in [-0.2, 0) is 11.3 Å². The second-order valence-corrected chi connectivity index (χ2v) is 6.61. The molecule has 0 atom stereocenters. The van der Waals surface area contributed by atoms with Crippen molar-refractivity contribution in [3.05, 3.63) is 66.2 Å². The number of piperidine rings is 1. The molecule has 0 aliphatic carbocycles. The van der Waals surface area contributed by atoms with Gasteiger partial charge in [0.1, 0.15) is 5.75 Å². The highest BCUT2D eigenvalue weighted by atomic mass is 16.5. The number of rotatable bonds is 7. The molecule has 3 rings (SSSR count). The average molecular weight is 338 g/mol. The number of carbonyl (C=O) groups excluding carboxylic acids is 1. The molecule has 25 heavy (non-hydrogen) atoms. The lowest BCUT2D eigenvalue weighted by molar-refractivity contribution is -0.123. The fourth-order valence-electron chi connectivity index (χ4n) is 3.17. The van der Waals surface area contributed by atoms with Crippen molar-refractivity contribution in [2.75, 3.05) is 26.2 Å². The Labute approximate surface area is 149 Å². The molecule has 0 saturated carbocycles. The minimum atomic E-state index is -0.0458. The maximum atomic E-state index is 11.9. The zero-order valence-electron chi connectivity index (χ0n) is 14.6. The number of hydrogen-bond donors (Lipinski definition) is 1. The minimum absolute atomic E-state index is 0.0458. The molecule has 4 nitrogen and oxygen atoms in total. The monoisotopic (exact) mass is 338 g/mol. The van der Waals surface area contributed by atoms with E-state index in [-0.39, 0.29) is 12.5 Å². The Bertz CT molecular complexity index is 637. The van der Waals surface area contributed by atoms with Gasteiger partial charge in [0.05, 0.1) is 0 Å². The quantitative estimate of drug-likeness (QED) is 0.843. The topological polar surface area (TPSA) is 41.6 Å². The summed E-state index contributed by atoms with van der Waals surface area (Å²) in [5.74, 6) is 1.25. The van der Waals surface area contributed by atoms with Gasteiger partial charge < -0.3 is 10.1 Å². The molecule has 1 saturated heterocycles. The molecule has 1 N–H and O–H groups in total. The standard InChI is InChI=1S/C21H26N2O2/c24-21(17-25-20-9-5-2-6-10-20)22-15-18-11-13-23(14-12-18)16-19-7-3-1-4-8-19/h1-10,18H,11-17H2,(H,22,24). The fourth-order valence-corrected chi connectivity index (χ4v) is 3.17. The summed E-state index contributed by atoms with van der Waals surface area (Å²) in [6.07, 6.45) is 2.26. The summed E-state index contributed by atoms with van der Waals surface area (Å²) in [7, 11) is 0. The van der Waals surface area contributed by atoms with E-state index >= 15 is 0 Å². The largest absolute Gasteiger partial charge is 0.484 e. The van der Waals surface area contributed by atoms with Gasteiger partial charge in [-0.2, -0.15) is 0 Å². The van der Waals surface area contributed by atoms with Crippen molar-refractivity contribution in [2.24, 2.45) is 5.92 Å². The van der Waals surface area contributed by atoms with Crippen LogP contribution in [0.3, 0.4) is 0 Å². The molecular formula is C21H26N2O2. The number of nitrogens with one attached hydrogen (secondary N) is 1. The van der Waals surface area contributed by atoms with Gasteiger partial charge in [0, 0.05) is 13.1 Å². The third kappa shape index (κ3) is 5.91. The Morgan fingerprint density at radius 3 is 2.32 bits per heavy atom. The fraction of sp³-hybridized carbons (Fsp3) is 0.381. The third-order valence-corrected chi connectivity index (χ3v) is 4.66. The van der Waals surface area contributed by atoms with E-state index in [0.717, 1.165) is 44.8 Å². The van der Waals surface area contributed by atoms with Crippen molar-refractivity contribution in [1.29, 1.82) is 0 Å². The van der Waals surface area contributed by atoms with Crippen molar-refractivity contribution in [2.45, 2.75) is 19.4 Å². The van der Waals surface area contributed by atoms with Crippen LogP contribution in [0.2, 0.25) is 0 Å². The smallest absolute Gasteiger partial charge is 0.257 e. The lowest BCUT2D eigenvalue weighted by Crippen LogP contribution is -2.39.